The first-order valence-corrected chi connectivity index (χ1v) is 7.33. The Bertz CT molecular complexity index is 517. The molecule has 0 saturated heterocycles. The van der Waals surface area contributed by atoms with E-state index in [1.807, 2.05) is 24.3 Å². The molecule has 0 aliphatic heterocycles. The van der Waals surface area contributed by atoms with E-state index in [1.165, 1.54) is 4.88 Å². The molecule has 0 spiro atoms. The van der Waals surface area contributed by atoms with E-state index in [4.69, 9.17) is 4.74 Å². The molecule has 0 amide bonds. The summed E-state index contributed by atoms with van der Waals surface area (Å²) in [5, 5.41) is 2.08. The maximum absolute atomic E-state index is 11.9. The summed E-state index contributed by atoms with van der Waals surface area (Å²) in [7, 11) is 1.64. The zero-order chi connectivity index (χ0) is 13.5. The molecule has 100 valence electrons. The zero-order valence-corrected chi connectivity index (χ0v) is 11.9. The van der Waals surface area contributed by atoms with E-state index in [0.29, 0.717) is 18.6 Å². The van der Waals surface area contributed by atoms with Gasteiger partial charge >= 0.3 is 0 Å². The number of thiophene rings is 1. The lowest BCUT2D eigenvalue weighted by Gasteiger charge is -2.04. The molecule has 0 N–H and O–H groups in total. The van der Waals surface area contributed by atoms with E-state index in [-0.39, 0.29) is 0 Å². The van der Waals surface area contributed by atoms with Crippen LogP contribution in [0.1, 0.15) is 23.3 Å². The number of aryl methyl sites for hydroxylation is 1. The van der Waals surface area contributed by atoms with Gasteiger partial charge in [-0.1, -0.05) is 18.2 Å². The first-order chi connectivity index (χ1) is 9.28. The molecule has 2 rings (SSSR count). The highest BCUT2D eigenvalue weighted by Gasteiger charge is 2.05. The first-order valence-electron chi connectivity index (χ1n) is 6.45. The Morgan fingerprint density at radius 1 is 1.26 bits per heavy atom. The van der Waals surface area contributed by atoms with Gasteiger partial charge in [0.25, 0.3) is 0 Å². The van der Waals surface area contributed by atoms with Gasteiger partial charge in [-0.05, 0) is 42.0 Å². The van der Waals surface area contributed by atoms with Gasteiger partial charge in [-0.3, -0.25) is 4.79 Å². The van der Waals surface area contributed by atoms with Crippen LogP contribution in [-0.4, -0.2) is 12.9 Å². The van der Waals surface area contributed by atoms with Crippen molar-refractivity contribution < 1.29 is 9.53 Å². The summed E-state index contributed by atoms with van der Waals surface area (Å²) in [6.45, 7) is 0. The van der Waals surface area contributed by atoms with Gasteiger partial charge in [-0.25, -0.2) is 0 Å². The fraction of sp³-hybridized carbons (Fsp3) is 0.312. The number of carbonyl (C=O) groups is 1. The maximum Gasteiger partial charge on any atom is 0.137 e. The minimum atomic E-state index is 0.296. The van der Waals surface area contributed by atoms with E-state index < -0.39 is 0 Å². The van der Waals surface area contributed by atoms with Crippen molar-refractivity contribution >= 4 is 17.1 Å². The molecule has 0 bridgehead atoms. The van der Waals surface area contributed by atoms with Crippen LogP contribution in [0, 0.1) is 0 Å². The van der Waals surface area contributed by atoms with Crippen molar-refractivity contribution in [3.63, 3.8) is 0 Å². The Labute approximate surface area is 118 Å². The molecule has 0 radical (unpaired) electrons. The van der Waals surface area contributed by atoms with Crippen molar-refractivity contribution in [2.24, 2.45) is 0 Å². The Morgan fingerprint density at radius 3 is 2.89 bits per heavy atom. The smallest absolute Gasteiger partial charge is 0.137 e. The quantitative estimate of drug-likeness (QED) is 0.765. The summed E-state index contributed by atoms with van der Waals surface area (Å²) < 4.78 is 5.16. The van der Waals surface area contributed by atoms with Crippen LogP contribution in [-0.2, 0) is 17.6 Å². The molecule has 0 fully saturated rings. The number of hydrogen-bond donors (Lipinski definition) is 0. The van der Waals surface area contributed by atoms with Crippen LogP contribution in [0.5, 0.6) is 5.75 Å². The zero-order valence-electron chi connectivity index (χ0n) is 11.1. The third-order valence-corrected chi connectivity index (χ3v) is 3.93. The third kappa shape index (κ3) is 4.52. The van der Waals surface area contributed by atoms with E-state index in [2.05, 4.69) is 17.5 Å². The van der Waals surface area contributed by atoms with Gasteiger partial charge in [0.1, 0.15) is 11.5 Å². The van der Waals surface area contributed by atoms with Crippen molar-refractivity contribution in [2.45, 2.75) is 25.7 Å². The molecule has 0 atom stereocenters. The number of ketones is 1. The summed E-state index contributed by atoms with van der Waals surface area (Å²) in [6.07, 6.45) is 3.08. The van der Waals surface area contributed by atoms with E-state index in [1.54, 1.807) is 18.4 Å². The lowest BCUT2D eigenvalue weighted by atomic mass is 10.0. The van der Waals surface area contributed by atoms with E-state index >= 15 is 0 Å². The summed E-state index contributed by atoms with van der Waals surface area (Å²) >= 11 is 1.76. The third-order valence-electron chi connectivity index (χ3n) is 2.99. The Morgan fingerprint density at radius 2 is 2.16 bits per heavy atom. The Balaban J connectivity index is 1.77. The highest BCUT2D eigenvalue weighted by atomic mass is 32.1. The summed E-state index contributed by atoms with van der Waals surface area (Å²) in [6, 6.07) is 11.9. The van der Waals surface area contributed by atoms with Gasteiger partial charge in [0.15, 0.2) is 0 Å². The fourth-order valence-corrected chi connectivity index (χ4v) is 2.76. The number of Topliss-reactive ketones (excluding diaryl/α,β-unsaturated/α-hetero) is 1. The minimum absolute atomic E-state index is 0.296. The van der Waals surface area contributed by atoms with E-state index in [0.717, 1.165) is 24.2 Å². The lowest BCUT2D eigenvalue weighted by molar-refractivity contribution is -0.118. The second-order valence-electron chi connectivity index (χ2n) is 4.50. The molecule has 0 unspecified atom stereocenters. The molecule has 0 aliphatic rings. The van der Waals surface area contributed by atoms with Crippen molar-refractivity contribution in [3.05, 3.63) is 52.2 Å². The van der Waals surface area contributed by atoms with Gasteiger partial charge in [0.2, 0.25) is 0 Å². The highest BCUT2D eigenvalue weighted by molar-refractivity contribution is 7.09. The fourth-order valence-electron chi connectivity index (χ4n) is 2.01. The molecule has 1 aromatic heterocycles. The molecule has 0 saturated carbocycles. The SMILES string of the molecule is COc1cccc(CC(=O)CCCc2cccs2)c1. The molecular weight excluding hydrogens is 256 g/mol. The lowest BCUT2D eigenvalue weighted by Crippen LogP contribution is -2.03. The summed E-state index contributed by atoms with van der Waals surface area (Å²) in [5.74, 6) is 1.11. The van der Waals surface area contributed by atoms with Crippen LogP contribution in [0.3, 0.4) is 0 Å². The number of rotatable bonds is 7. The maximum atomic E-state index is 11.9. The second kappa shape index (κ2) is 7.10. The van der Waals surface area contributed by atoms with Gasteiger partial charge in [0.05, 0.1) is 7.11 Å². The minimum Gasteiger partial charge on any atom is -0.497 e. The molecular formula is C16H18O2S. The van der Waals surface area contributed by atoms with Crippen LogP contribution in [0.25, 0.3) is 0 Å². The number of ether oxygens (including phenoxy) is 1. The van der Waals surface area contributed by atoms with Crippen LogP contribution in [0.15, 0.2) is 41.8 Å². The van der Waals surface area contributed by atoms with Gasteiger partial charge in [-0.2, -0.15) is 0 Å². The van der Waals surface area contributed by atoms with Crippen LogP contribution in [0.2, 0.25) is 0 Å². The Hall–Kier alpha value is -1.61. The normalized spacial score (nSPS) is 10.4. The average molecular weight is 274 g/mol. The highest BCUT2D eigenvalue weighted by Crippen LogP contribution is 2.15. The van der Waals surface area contributed by atoms with Gasteiger partial charge < -0.3 is 4.74 Å². The second-order valence-corrected chi connectivity index (χ2v) is 5.53. The molecule has 0 aliphatic carbocycles. The van der Waals surface area contributed by atoms with Crippen LogP contribution < -0.4 is 4.74 Å². The van der Waals surface area contributed by atoms with Gasteiger partial charge in [-0.15, -0.1) is 11.3 Å². The van der Waals surface area contributed by atoms with Crippen molar-refractivity contribution in [1.29, 1.82) is 0 Å². The monoisotopic (exact) mass is 274 g/mol. The van der Waals surface area contributed by atoms with Crippen molar-refractivity contribution in [1.82, 2.24) is 0 Å². The predicted molar refractivity (Wildman–Crippen MR) is 79.0 cm³/mol. The molecule has 1 heterocycles. The molecule has 3 heteroatoms. The molecule has 2 aromatic rings. The number of hydrogen-bond acceptors (Lipinski definition) is 3. The number of carbonyl (C=O) groups excluding carboxylic acids is 1. The molecule has 2 nitrogen and oxygen atoms in total. The molecule has 1 aromatic carbocycles. The average Bonchev–Trinajstić information content (AvgIpc) is 2.92. The number of methoxy groups -OCH3 is 1. The van der Waals surface area contributed by atoms with Crippen molar-refractivity contribution in [2.75, 3.05) is 7.11 Å². The largest absolute Gasteiger partial charge is 0.497 e. The topological polar surface area (TPSA) is 26.3 Å². The first kappa shape index (κ1) is 13.8. The number of benzene rings is 1. The van der Waals surface area contributed by atoms with Crippen LogP contribution in [0.4, 0.5) is 0 Å². The Kier molecular flexibility index (Phi) is 5.16. The van der Waals surface area contributed by atoms with Crippen molar-refractivity contribution in [3.8, 4) is 5.75 Å². The standard InChI is InChI=1S/C16H18O2S/c1-18-15-7-2-5-13(12-15)11-14(17)6-3-8-16-9-4-10-19-16/h2,4-5,7,9-10,12H,3,6,8,11H2,1H3. The van der Waals surface area contributed by atoms with Gasteiger partial charge in [0, 0.05) is 17.7 Å². The summed E-state index contributed by atoms with van der Waals surface area (Å²) in [4.78, 5) is 13.3. The predicted octanol–water partition coefficient (Wildman–Crippen LogP) is 3.89. The summed E-state index contributed by atoms with van der Waals surface area (Å²) in [5.41, 5.74) is 1.03. The van der Waals surface area contributed by atoms with Crippen LogP contribution >= 0.6 is 11.3 Å². The molecule has 19 heavy (non-hydrogen) atoms. The van der Waals surface area contributed by atoms with E-state index in [9.17, 15) is 4.79 Å².